The van der Waals surface area contributed by atoms with E-state index in [4.69, 9.17) is 0 Å². The summed E-state index contributed by atoms with van der Waals surface area (Å²) < 4.78 is 2.14. The summed E-state index contributed by atoms with van der Waals surface area (Å²) >= 11 is 0. The van der Waals surface area contributed by atoms with Crippen LogP contribution in [0.15, 0.2) is 57.6 Å². The van der Waals surface area contributed by atoms with Gasteiger partial charge in [-0.05, 0) is 13.0 Å². The number of carbonyl (C=O) groups excluding carboxylic acids is 3. The molecule has 0 radical (unpaired) electrons. The molecule has 1 aromatic heterocycles. The molecule has 2 N–H and O–H groups in total. The van der Waals surface area contributed by atoms with Crippen LogP contribution in [0, 0.1) is 6.92 Å². The van der Waals surface area contributed by atoms with Crippen molar-refractivity contribution in [2.45, 2.75) is 12.3 Å². The topological polar surface area (TPSA) is 119 Å². The van der Waals surface area contributed by atoms with Gasteiger partial charge in [-0.15, -0.1) is 0 Å². The molecule has 0 fully saturated rings. The first-order chi connectivity index (χ1) is 16.2. The maximum Gasteiger partial charge on any atom is 0.332 e. The number of aryl methyl sites for hydroxylation is 1. The number of anilines is 2. The largest absolute Gasteiger partial charge is 0.340 e. The minimum absolute atomic E-state index is 0.0711. The minimum Gasteiger partial charge on any atom is -0.340 e. The maximum absolute atomic E-state index is 13.9. The predicted molar refractivity (Wildman–Crippen MR) is 124 cm³/mol. The first-order valence-electron chi connectivity index (χ1n) is 10.6. The quantitative estimate of drug-likeness (QED) is 0.493. The summed E-state index contributed by atoms with van der Waals surface area (Å²) in [4.78, 5) is 67.2. The van der Waals surface area contributed by atoms with Gasteiger partial charge in [0.25, 0.3) is 5.56 Å². The van der Waals surface area contributed by atoms with Crippen LogP contribution in [0.3, 0.4) is 0 Å². The van der Waals surface area contributed by atoms with E-state index in [2.05, 4.69) is 10.6 Å². The van der Waals surface area contributed by atoms with Gasteiger partial charge < -0.3 is 10.6 Å². The second kappa shape index (κ2) is 6.28. The Balaban J connectivity index is 1.89. The van der Waals surface area contributed by atoms with Gasteiger partial charge in [-0.3, -0.25) is 28.3 Å². The third-order valence-electron chi connectivity index (χ3n) is 6.95. The molecule has 1 spiro atoms. The Labute approximate surface area is 192 Å². The SMILES string of the molecule is Cc1ccc2c(c1)C1(C(=O)N2)C2=C(Nc3c1c(=O)n(C)c(=O)n3C)c1ccccc1C(=O)C2=O. The van der Waals surface area contributed by atoms with Crippen molar-refractivity contribution < 1.29 is 14.4 Å². The Morgan fingerprint density at radius 2 is 1.53 bits per heavy atom. The lowest BCUT2D eigenvalue weighted by molar-refractivity contribution is -0.120. The molecule has 0 saturated carbocycles. The zero-order valence-electron chi connectivity index (χ0n) is 18.5. The molecule has 0 saturated heterocycles. The standard InChI is InChI=1S/C25H18N4O5/c1-11-8-9-15-14(10-11)25(23(33)26-15)16-18(12-6-4-5-7-13(12)19(30)20(16)31)27-21-17(25)22(32)29(3)24(34)28(21)2/h4-10,27H,1-3H3,(H,26,33). The third kappa shape index (κ3) is 2.11. The number of carbonyl (C=O) groups is 3. The van der Waals surface area contributed by atoms with Crippen molar-refractivity contribution in [3.8, 4) is 0 Å². The Morgan fingerprint density at radius 3 is 2.26 bits per heavy atom. The van der Waals surface area contributed by atoms with E-state index in [1.54, 1.807) is 42.5 Å². The van der Waals surface area contributed by atoms with E-state index in [0.717, 1.165) is 10.1 Å². The van der Waals surface area contributed by atoms with Gasteiger partial charge in [0.05, 0.1) is 16.8 Å². The number of ketones is 2. The summed E-state index contributed by atoms with van der Waals surface area (Å²) in [6, 6.07) is 11.8. The highest BCUT2D eigenvalue weighted by Crippen LogP contribution is 2.54. The van der Waals surface area contributed by atoms with E-state index < -0.39 is 34.1 Å². The van der Waals surface area contributed by atoms with Crippen molar-refractivity contribution in [2.75, 3.05) is 10.6 Å². The number of nitrogens with zero attached hydrogens (tertiary/aromatic N) is 2. The summed E-state index contributed by atoms with van der Waals surface area (Å²) in [5.74, 6) is -2.14. The zero-order chi connectivity index (χ0) is 24.1. The van der Waals surface area contributed by atoms with Crippen LogP contribution in [0.2, 0.25) is 0 Å². The fourth-order valence-corrected chi connectivity index (χ4v) is 5.35. The van der Waals surface area contributed by atoms with Crippen molar-refractivity contribution in [3.05, 3.63) is 96.7 Å². The molecule has 9 nitrogen and oxygen atoms in total. The number of hydrogen-bond donors (Lipinski definition) is 2. The van der Waals surface area contributed by atoms with Gasteiger partial charge in [0.15, 0.2) is 0 Å². The van der Waals surface area contributed by atoms with Gasteiger partial charge in [-0.2, -0.15) is 0 Å². The molecule has 1 amide bonds. The van der Waals surface area contributed by atoms with E-state index in [-0.39, 0.29) is 28.2 Å². The summed E-state index contributed by atoms with van der Waals surface area (Å²) in [5.41, 5.74) is -0.922. The number of benzene rings is 2. The minimum atomic E-state index is -1.90. The van der Waals surface area contributed by atoms with Gasteiger partial charge in [0, 0.05) is 36.5 Å². The monoisotopic (exact) mass is 454 g/mol. The molecular weight excluding hydrogens is 436 g/mol. The van der Waals surface area contributed by atoms with Gasteiger partial charge in [0.1, 0.15) is 11.2 Å². The molecule has 2 aliphatic heterocycles. The first kappa shape index (κ1) is 20.1. The Morgan fingerprint density at radius 1 is 0.824 bits per heavy atom. The summed E-state index contributed by atoms with van der Waals surface area (Å²) in [6.07, 6.45) is 0. The molecule has 168 valence electrons. The predicted octanol–water partition coefficient (Wildman–Crippen LogP) is 1.23. The van der Waals surface area contributed by atoms with Crippen LogP contribution in [-0.2, 0) is 29.1 Å². The Bertz CT molecular complexity index is 1690. The van der Waals surface area contributed by atoms with Crippen LogP contribution < -0.4 is 21.9 Å². The smallest absolute Gasteiger partial charge is 0.332 e. The highest BCUT2D eigenvalue weighted by atomic mass is 16.2. The number of nitrogens with one attached hydrogen (secondary N) is 2. The summed E-state index contributed by atoms with van der Waals surface area (Å²) in [5, 5.41) is 5.88. The molecule has 3 aromatic rings. The van der Waals surface area contributed by atoms with E-state index in [9.17, 15) is 24.0 Å². The van der Waals surface area contributed by atoms with Crippen LogP contribution in [0.25, 0.3) is 5.70 Å². The van der Waals surface area contributed by atoms with Crippen molar-refractivity contribution in [2.24, 2.45) is 14.1 Å². The van der Waals surface area contributed by atoms with Crippen LogP contribution in [0.4, 0.5) is 11.5 Å². The molecule has 6 rings (SSSR count). The second-order valence-corrected chi connectivity index (χ2v) is 8.76. The number of rotatable bonds is 0. The maximum atomic E-state index is 13.9. The molecule has 9 heteroatoms. The number of fused-ring (bicyclic) bond motifs is 7. The molecule has 3 aliphatic rings. The van der Waals surface area contributed by atoms with Gasteiger partial charge in [-0.1, -0.05) is 42.0 Å². The average molecular weight is 454 g/mol. The molecule has 0 bridgehead atoms. The molecule has 1 aliphatic carbocycles. The van der Waals surface area contributed by atoms with E-state index >= 15 is 0 Å². The van der Waals surface area contributed by atoms with Crippen molar-refractivity contribution in [1.29, 1.82) is 0 Å². The van der Waals surface area contributed by atoms with Crippen LogP contribution in [0.5, 0.6) is 0 Å². The highest BCUT2D eigenvalue weighted by Gasteiger charge is 2.61. The average Bonchev–Trinajstić information content (AvgIpc) is 3.10. The van der Waals surface area contributed by atoms with Gasteiger partial charge in [-0.25, -0.2) is 4.79 Å². The first-order valence-corrected chi connectivity index (χ1v) is 10.6. The lowest BCUT2D eigenvalue weighted by Crippen LogP contribution is -2.54. The van der Waals surface area contributed by atoms with Crippen molar-refractivity contribution >= 4 is 34.7 Å². The molecule has 3 heterocycles. The molecular formula is C25H18N4O5. The molecule has 34 heavy (non-hydrogen) atoms. The normalized spacial score (nSPS) is 19.9. The fraction of sp³-hybridized carbons (Fsp3) is 0.160. The fourth-order valence-electron chi connectivity index (χ4n) is 5.35. The molecule has 2 aromatic carbocycles. The Hall–Kier alpha value is -4.53. The zero-order valence-corrected chi connectivity index (χ0v) is 18.5. The lowest BCUT2D eigenvalue weighted by atomic mass is 9.63. The lowest BCUT2D eigenvalue weighted by Gasteiger charge is -2.39. The second-order valence-electron chi connectivity index (χ2n) is 8.76. The van der Waals surface area contributed by atoms with Gasteiger partial charge in [0.2, 0.25) is 17.5 Å². The van der Waals surface area contributed by atoms with Crippen LogP contribution >= 0.6 is 0 Å². The molecule has 1 unspecified atom stereocenters. The van der Waals surface area contributed by atoms with E-state index in [1.807, 2.05) is 6.92 Å². The van der Waals surface area contributed by atoms with Crippen LogP contribution in [-0.4, -0.2) is 26.6 Å². The van der Waals surface area contributed by atoms with Crippen LogP contribution in [0.1, 0.15) is 32.6 Å². The highest BCUT2D eigenvalue weighted by molar-refractivity contribution is 6.54. The third-order valence-corrected chi connectivity index (χ3v) is 6.95. The van der Waals surface area contributed by atoms with Gasteiger partial charge >= 0.3 is 5.69 Å². The summed E-state index contributed by atoms with van der Waals surface area (Å²) in [6.45, 7) is 1.83. The number of aromatic nitrogens is 2. The number of Topliss-reactive ketones (excluding diaryl/α,β-unsaturated/α-hetero) is 2. The Kier molecular flexibility index (Phi) is 3.72. The summed E-state index contributed by atoms with van der Waals surface area (Å²) in [7, 11) is 2.80. The van der Waals surface area contributed by atoms with Crippen molar-refractivity contribution in [3.63, 3.8) is 0 Å². The number of amides is 1. The van der Waals surface area contributed by atoms with E-state index in [0.29, 0.717) is 16.8 Å². The van der Waals surface area contributed by atoms with Crippen molar-refractivity contribution in [1.82, 2.24) is 9.13 Å². The van der Waals surface area contributed by atoms with E-state index in [1.165, 1.54) is 18.7 Å². The number of hydrogen-bond acceptors (Lipinski definition) is 6. The molecule has 1 atom stereocenters.